The van der Waals surface area contributed by atoms with Gasteiger partial charge in [0.15, 0.2) is 17.5 Å². The normalized spacial score (nSPS) is 27.7. The highest BCUT2D eigenvalue weighted by Crippen LogP contribution is 2.41. The zero-order valence-corrected chi connectivity index (χ0v) is 21.0. The van der Waals surface area contributed by atoms with Gasteiger partial charge in [-0.3, -0.25) is 0 Å². The molecule has 3 unspecified atom stereocenters. The molecule has 4 N–H and O–H groups in total. The number of imidazole rings is 1. The van der Waals surface area contributed by atoms with Crippen molar-refractivity contribution in [1.29, 1.82) is 0 Å². The van der Waals surface area contributed by atoms with Crippen molar-refractivity contribution in [2.24, 2.45) is 11.7 Å². The number of pyridine rings is 1. The molecule has 3 aromatic rings. The fourth-order valence-corrected chi connectivity index (χ4v) is 5.11. The number of hydrogen-bond acceptors (Lipinski definition) is 11. The molecule has 5 heterocycles. The van der Waals surface area contributed by atoms with E-state index < -0.39 is 35.7 Å². The molecule has 2 fully saturated rings. The predicted molar refractivity (Wildman–Crippen MR) is 131 cm³/mol. The van der Waals surface area contributed by atoms with Crippen molar-refractivity contribution in [1.82, 2.24) is 15.0 Å². The van der Waals surface area contributed by atoms with Crippen LogP contribution in [0.4, 0.5) is 10.2 Å². The van der Waals surface area contributed by atoms with Crippen LogP contribution in [0.15, 0.2) is 18.2 Å². The van der Waals surface area contributed by atoms with Crippen molar-refractivity contribution in [3.05, 3.63) is 34.6 Å². The van der Waals surface area contributed by atoms with E-state index >= 15 is 0 Å². The summed E-state index contributed by atoms with van der Waals surface area (Å²) < 4.78 is 48.4. The molecule has 38 heavy (non-hydrogen) atoms. The summed E-state index contributed by atoms with van der Waals surface area (Å²) in [6, 6.07) is 4.21. The van der Waals surface area contributed by atoms with E-state index in [1.165, 1.54) is 6.07 Å². The van der Waals surface area contributed by atoms with Crippen molar-refractivity contribution < 1.29 is 37.6 Å². The Labute approximate surface area is 220 Å². The number of aromatic nitrogens is 3. The number of carbonyl (C=O) groups is 1. The average Bonchev–Trinajstić information content (AvgIpc) is 3.63. The van der Waals surface area contributed by atoms with Crippen LogP contribution in [0.1, 0.15) is 11.6 Å². The molecule has 3 aliphatic heterocycles. The van der Waals surface area contributed by atoms with Crippen molar-refractivity contribution in [3.8, 4) is 17.5 Å². The van der Waals surface area contributed by atoms with Gasteiger partial charge in [0.2, 0.25) is 0 Å². The number of anilines is 1. The number of nitrogens with two attached hydrogens (primary N) is 1. The van der Waals surface area contributed by atoms with Crippen LogP contribution in [0.25, 0.3) is 11.2 Å². The third-order valence-corrected chi connectivity index (χ3v) is 7.12. The van der Waals surface area contributed by atoms with Gasteiger partial charge in [0.25, 0.3) is 6.01 Å². The third kappa shape index (κ3) is 4.29. The molecule has 3 aliphatic rings. The molecular weight excluding hydrogens is 525 g/mol. The van der Waals surface area contributed by atoms with Gasteiger partial charge in [-0.25, -0.2) is 9.37 Å². The lowest BCUT2D eigenvalue weighted by atomic mass is 9.96. The van der Waals surface area contributed by atoms with E-state index in [1.54, 1.807) is 19.2 Å². The van der Waals surface area contributed by atoms with Gasteiger partial charge in [-0.15, -0.1) is 0 Å². The molecule has 0 spiro atoms. The Morgan fingerprint density at radius 3 is 2.97 bits per heavy atom. The first-order valence-electron chi connectivity index (χ1n) is 12.0. The van der Waals surface area contributed by atoms with E-state index in [-0.39, 0.29) is 25.8 Å². The van der Waals surface area contributed by atoms with E-state index in [9.17, 15) is 9.18 Å². The molecule has 12 nitrogen and oxygen atoms in total. The van der Waals surface area contributed by atoms with Crippen LogP contribution in [0.5, 0.6) is 17.5 Å². The number of H-pyrrole nitrogens is 1. The fraction of sp³-hybridized carbons (Fsp3) is 0.458. The fourth-order valence-electron chi connectivity index (χ4n) is 4.91. The molecule has 0 bridgehead atoms. The first-order valence-corrected chi connectivity index (χ1v) is 12.3. The van der Waals surface area contributed by atoms with E-state index in [2.05, 4.69) is 20.3 Å². The molecular formula is C24H25ClFN5O7. The monoisotopic (exact) mass is 549 g/mol. The molecule has 202 valence electrons. The first kappa shape index (κ1) is 25.1. The van der Waals surface area contributed by atoms with Crippen LogP contribution in [-0.4, -0.2) is 79.3 Å². The molecule has 5 atom stereocenters. The second-order valence-electron chi connectivity index (χ2n) is 9.22. The Balaban J connectivity index is 1.18. The van der Waals surface area contributed by atoms with Gasteiger partial charge < -0.3 is 49.3 Å². The smallest absolute Gasteiger partial charge is 0.296 e. The summed E-state index contributed by atoms with van der Waals surface area (Å²) in [6.45, 7) is 1.14. The van der Waals surface area contributed by atoms with Crippen LogP contribution < -0.4 is 25.3 Å². The van der Waals surface area contributed by atoms with Crippen LogP contribution >= 0.6 is 11.6 Å². The largest absolute Gasteiger partial charge is 0.491 e. The number of fused-ring (bicyclic) bond motifs is 3. The molecule has 0 aliphatic carbocycles. The Bertz CT molecular complexity index is 1380. The highest BCUT2D eigenvalue weighted by Gasteiger charge is 2.59. The molecule has 0 saturated carbocycles. The zero-order chi connectivity index (χ0) is 26.4. The lowest BCUT2D eigenvalue weighted by Crippen LogP contribution is -2.53. The minimum absolute atomic E-state index is 0.134. The first-order chi connectivity index (χ1) is 18.4. The standard InChI is InChI=1S/C24H25ClFN5O7/c1-33-2-3-34-12-4-14(26)19-16(9-35-17(19)5-12)28-21-13(25)6-15-22(30-21)31-23(29-15)38-18-10-37-24(27)11(7-32)8-36-20(18)24/h4-7,11,16,18,20H,2-3,8-10,27H2,1H3,(H2,28,29,30,31)/t11?,16?,18?,20-,24-/m1/s1. The van der Waals surface area contributed by atoms with E-state index in [0.717, 1.165) is 6.29 Å². The molecule has 2 aromatic heterocycles. The van der Waals surface area contributed by atoms with E-state index in [1.807, 2.05) is 0 Å². The average molecular weight is 550 g/mol. The van der Waals surface area contributed by atoms with Gasteiger partial charge in [0.1, 0.15) is 48.7 Å². The lowest BCUT2D eigenvalue weighted by Gasteiger charge is -2.25. The van der Waals surface area contributed by atoms with Crippen molar-refractivity contribution in [2.45, 2.75) is 24.0 Å². The van der Waals surface area contributed by atoms with Crippen LogP contribution in [0, 0.1) is 11.7 Å². The minimum atomic E-state index is -1.23. The Morgan fingerprint density at radius 2 is 2.16 bits per heavy atom. The number of hydrogen-bond donors (Lipinski definition) is 3. The number of ether oxygens (including phenoxy) is 6. The molecule has 0 amide bonds. The quantitative estimate of drug-likeness (QED) is 0.265. The summed E-state index contributed by atoms with van der Waals surface area (Å²) in [6.07, 6.45) is -0.459. The number of nitrogens with one attached hydrogen (secondary N) is 2. The number of nitrogens with zero attached hydrogens (tertiary/aromatic N) is 2. The van der Waals surface area contributed by atoms with Gasteiger partial charge in [-0.2, -0.15) is 4.98 Å². The summed E-state index contributed by atoms with van der Waals surface area (Å²) >= 11 is 6.48. The topological polar surface area (TPSA) is 152 Å². The Morgan fingerprint density at radius 1 is 1.29 bits per heavy atom. The van der Waals surface area contributed by atoms with Crippen molar-refractivity contribution in [2.75, 3.05) is 45.5 Å². The predicted octanol–water partition coefficient (Wildman–Crippen LogP) is 1.97. The molecule has 0 radical (unpaired) electrons. The molecule has 2 saturated heterocycles. The SMILES string of the molecule is COCCOc1cc(F)c2c(c1)OCC2Nc1nc2nc(OC3CO[C@]4(N)C(C=O)CO[C@H]34)[nH]c2cc1Cl. The van der Waals surface area contributed by atoms with Gasteiger partial charge in [0, 0.05) is 19.2 Å². The second kappa shape index (κ2) is 9.82. The van der Waals surface area contributed by atoms with Crippen LogP contribution in [0.3, 0.4) is 0 Å². The van der Waals surface area contributed by atoms with Gasteiger partial charge in [-0.05, 0) is 6.07 Å². The van der Waals surface area contributed by atoms with Gasteiger partial charge >= 0.3 is 0 Å². The number of methoxy groups -OCH3 is 1. The zero-order valence-electron chi connectivity index (χ0n) is 20.2. The van der Waals surface area contributed by atoms with E-state index in [4.69, 9.17) is 45.8 Å². The molecule has 14 heteroatoms. The molecule has 1 aromatic carbocycles. The van der Waals surface area contributed by atoms with Crippen molar-refractivity contribution in [3.63, 3.8) is 0 Å². The highest BCUT2D eigenvalue weighted by atomic mass is 35.5. The number of carbonyl (C=O) groups excluding carboxylic acids is 1. The summed E-state index contributed by atoms with van der Waals surface area (Å²) in [7, 11) is 1.56. The minimum Gasteiger partial charge on any atom is -0.491 e. The third-order valence-electron chi connectivity index (χ3n) is 6.83. The van der Waals surface area contributed by atoms with Gasteiger partial charge in [-0.1, -0.05) is 11.6 Å². The van der Waals surface area contributed by atoms with Gasteiger partial charge in [0.05, 0.1) is 47.9 Å². The lowest BCUT2D eigenvalue weighted by molar-refractivity contribution is -0.118. The summed E-state index contributed by atoms with van der Waals surface area (Å²) in [5.41, 5.74) is 6.23. The highest BCUT2D eigenvalue weighted by molar-refractivity contribution is 6.33. The number of aldehydes is 1. The number of benzene rings is 1. The number of rotatable bonds is 9. The second-order valence-corrected chi connectivity index (χ2v) is 9.62. The summed E-state index contributed by atoms with van der Waals surface area (Å²) in [5, 5.41) is 3.44. The maximum Gasteiger partial charge on any atom is 0.296 e. The Kier molecular flexibility index (Phi) is 6.48. The van der Waals surface area contributed by atoms with Crippen LogP contribution in [-0.2, 0) is 19.0 Å². The maximum absolute atomic E-state index is 15.0. The maximum atomic E-state index is 15.0. The van der Waals surface area contributed by atoms with Crippen molar-refractivity contribution >= 4 is 34.9 Å². The number of halogens is 2. The summed E-state index contributed by atoms with van der Waals surface area (Å²) in [4.78, 5) is 23.2. The molecule has 6 rings (SSSR count). The van der Waals surface area contributed by atoms with E-state index in [0.29, 0.717) is 52.3 Å². The number of aromatic amines is 1. The Hall–Kier alpha value is -3.23. The van der Waals surface area contributed by atoms with Crippen LogP contribution in [0.2, 0.25) is 5.02 Å². The summed E-state index contributed by atoms with van der Waals surface area (Å²) in [5.74, 6) is -0.0156.